The molecule has 15 heteroatoms. The third kappa shape index (κ3) is 9.43. The van der Waals surface area contributed by atoms with E-state index in [1.807, 2.05) is 60.7 Å². The molecule has 0 saturated carbocycles. The largest absolute Gasteiger partial charge is 1.00 e. The highest BCUT2D eigenvalue weighted by Crippen LogP contribution is 2.43. The van der Waals surface area contributed by atoms with Crippen molar-refractivity contribution in [1.29, 1.82) is 0 Å². The second kappa shape index (κ2) is 17.7. The Labute approximate surface area is 350 Å². The third-order valence-corrected chi connectivity index (χ3v) is 10.7. The van der Waals surface area contributed by atoms with Gasteiger partial charge in [0.1, 0.15) is 34.2 Å². The molecule has 1 aromatic heterocycles. The van der Waals surface area contributed by atoms with Crippen LogP contribution in [0.25, 0.3) is 0 Å². The summed E-state index contributed by atoms with van der Waals surface area (Å²) in [5.74, 6) is -1.47. The quantitative estimate of drug-likeness (QED) is 0.0716. The minimum Gasteiger partial charge on any atom is -1.00 e. The summed E-state index contributed by atoms with van der Waals surface area (Å²) < 4.78 is 13.3. The monoisotopic (exact) mass is 867 g/mol. The number of phenolic OH excluding ortho intramolecular Hbond substituents is 1. The molecule has 4 aromatic rings. The summed E-state index contributed by atoms with van der Waals surface area (Å²) in [6, 6.07) is 27.3. The van der Waals surface area contributed by atoms with Crippen molar-refractivity contribution in [3.05, 3.63) is 144 Å². The summed E-state index contributed by atoms with van der Waals surface area (Å²) in [5, 5.41) is 14.4. The molecule has 3 N–H and O–H groups in total. The average Bonchev–Trinajstić information content (AvgIpc) is 3.55. The standard InChI is InChI=1S/C43H41N5O8S.BrH/c1-43(2,3)56-42(54)45-35-39(52)48-36(41(53)55-37(27-11-6-4-7-12-27)28-13-8-5-9-14-28)30(26-57-40(35)48)23-29-20-22-47(38(29)51)32-15-10-21-46(24-32)25-34(50)44-31-16-18-33(49)19-17-31;/h4-19,21,23-24,35,37,40H,20,22,25-26H2,1-3H3,(H2-,44,45,49,50,51,53,54);1H/t35-,40-;/m1./s1. The van der Waals surface area contributed by atoms with Gasteiger partial charge in [-0.3, -0.25) is 19.3 Å². The summed E-state index contributed by atoms with van der Waals surface area (Å²) in [6.45, 7) is 5.51. The van der Waals surface area contributed by atoms with E-state index < -0.39 is 41.1 Å². The van der Waals surface area contributed by atoms with E-state index in [0.29, 0.717) is 35.5 Å². The Morgan fingerprint density at radius 2 is 1.60 bits per heavy atom. The van der Waals surface area contributed by atoms with Crippen LogP contribution in [0.4, 0.5) is 16.2 Å². The molecule has 300 valence electrons. The van der Waals surface area contributed by atoms with Crippen LogP contribution in [0.3, 0.4) is 0 Å². The van der Waals surface area contributed by atoms with Crippen LogP contribution in [0.15, 0.2) is 132 Å². The van der Waals surface area contributed by atoms with Crippen molar-refractivity contribution in [2.45, 2.75) is 56.9 Å². The van der Waals surface area contributed by atoms with E-state index in [9.17, 15) is 29.1 Å². The van der Waals surface area contributed by atoms with Gasteiger partial charge in [0.15, 0.2) is 18.5 Å². The number of thioether (sulfide) groups is 1. The Bertz CT molecular complexity index is 2220. The molecule has 13 nitrogen and oxygen atoms in total. The summed E-state index contributed by atoms with van der Waals surface area (Å²) in [5.41, 5.74) is 2.71. The van der Waals surface area contributed by atoms with Crippen LogP contribution in [0, 0.1) is 0 Å². The molecule has 3 aliphatic heterocycles. The van der Waals surface area contributed by atoms with Crippen LogP contribution in [-0.4, -0.2) is 69.1 Å². The minimum atomic E-state index is -0.933. The fourth-order valence-electron chi connectivity index (χ4n) is 6.81. The summed E-state index contributed by atoms with van der Waals surface area (Å²) in [4.78, 5) is 70.7. The number of ether oxygens (including phenoxy) is 2. The maximum Gasteiger partial charge on any atom is 0.408 e. The summed E-state index contributed by atoms with van der Waals surface area (Å²) in [6.07, 6.45) is 3.94. The van der Waals surface area contributed by atoms with E-state index in [4.69, 9.17) is 9.47 Å². The molecule has 2 atom stereocenters. The Hall–Kier alpha value is -5.93. The molecule has 3 aromatic carbocycles. The van der Waals surface area contributed by atoms with Crippen LogP contribution >= 0.6 is 11.8 Å². The van der Waals surface area contributed by atoms with Gasteiger partial charge in [0.05, 0.1) is 0 Å². The van der Waals surface area contributed by atoms with Crippen molar-refractivity contribution >= 4 is 52.9 Å². The lowest BCUT2D eigenvalue weighted by molar-refractivity contribution is -0.683. The topological polar surface area (TPSA) is 158 Å². The predicted molar refractivity (Wildman–Crippen MR) is 213 cm³/mol. The maximum absolute atomic E-state index is 14.4. The van der Waals surface area contributed by atoms with E-state index in [0.717, 1.165) is 11.1 Å². The molecule has 0 bridgehead atoms. The number of hydrogen-bond acceptors (Lipinski definition) is 9. The Morgan fingerprint density at radius 3 is 2.24 bits per heavy atom. The zero-order chi connectivity index (χ0) is 40.3. The van der Waals surface area contributed by atoms with E-state index in [-0.39, 0.29) is 52.5 Å². The van der Waals surface area contributed by atoms with Gasteiger partial charge in [0.2, 0.25) is 6.54 Å². The lowest BCUT2D eigenvalue weighted by Gasteiger charge is -2.49. The van der Waals surface area contributed by atoms with Gasteiger partial charge >= 0.3 is 12.1 Å². The first kappa shape index (κ1) is 41.7. The molecule has 4 heterocycles. The predicted octanol–water partition coefficient (Wildman–Crippen LogP) is 2.38. The number of nitrogens with one attached hydrogen (secondary N) is 2. The lowest BCUT2D eigenvalue weighted by atomic mass is 10.00. The highest BCUT2D eigenvalue weighted by molar-refractivity contribution is 8.00. The number of halogens is 1. The Kier molecular flexibility index (Phi) is 12.7. The third-order valence-electron chi connectivity index (χ3n) is 9.40. The molecule has 7 rings (SSSR count). The van der Waals surface area contributed by atoms with Gasteiger partial charge in [-0.2, -0.15) is 4.57 Å². The number of carbonyl (C=O) groups excluding carboxylic acids is 5. The molecule has 3 aliphatic rings. The normalized spacial score (nSPS) is 18.3. The SMILES string of the molecule is CC(C)(C)OC(=O)N[C@@H]1C(=O)N2C(C(=O)OC(c3ccccc3)c3ccccc3)=C(/C=C3\CCN(c4ccc[n+](CC(=O)Nc5ccc(O)cc5)c4)C3=O)CS[C@H]12.[Br-]. The number of phenols is 1. The van der Waals surface area contributed by atoms with Crippen LogP contribution in [-0.2, 0) is 35.2 Å². The number of carbonyl (C=O) groups is 5. The van der Waals surface area contributed by atoms with Crippen molar-refractivity contribution in [1.82, 2.24) is 10.2 Å². The zero-order valence-corrected chi connectivity index (χ0v) is 34.4. The number of rotatable bonds is 10. The van der Waals surface area contributed by atoms with Gasteiger partial charge in [0.25, 0.3) is 17.7 Å². The number of pyridine rings is 1. The molecule has 58 heavy (non-hydrogen) atoms. The first-order valence-electron chi connectivity index (χ1n) is 18.4. The van der Waals surface area contributed by atoms with Crippen LogP contribution in [0.1, 0.15) is 44.4 Å². The van der Waals surface area contributed by atoms with Crippen molar-refractivity contribution in [3.63, 3.8) is 0 Å². The van der Waals surface area contributed by atoms with Crippen LogP contribution in [0.5, 0.6) is 5.75 Å². The highest BCUT2D eigenvalue weighted by Gasteiger charge is 2.55. The minimum absolute atomic E-state index is 0. The number of aromatic nitrogens is 1. The number of β-lactam (4-membered cyclic amide) rings is 1. The number of allylic oxidation sites excluding steroid dienone is 1. The number of aromatic hydroxyl groups is 1. The molecular weight excluding hydrogens is 826 g/mol. The van der Waals surface area contributed by atoms with Crippen molar-refractivity contribution in [2.75, 3.05) is 22.5 Å². The molecule has 0 radical (unpaired) electrons. The molecular formula is C43H42BrN5O8S. The van der Waals surface area contributed by atoms with Gasteiger partial charge in [-0.05, 0) is 80.3 Å². The van der Waals surface area contributed by atoms with Crippen molar-refractivity contribution in [2.24, 2.45) is 0 Å². The fraction of sp³-hybridized carbons (Fsp3) is 0.256. The second-order valence-electron chi connectivity index (χ2n) is 14.7. The number of nitrogens with zero attached hydrogens (tertiary/aromatic N) is 3. The lowest BCUT2D eigenvalue weighted by Crippen LogP contribution is -3.00. The molecule has 0 unspecified atom stereocenters. The number of esters is 1. The first-order chi connectivity index (χ1) is 27.3. The first-order valence-corrected chi connectivity index (χ1v) is 19.5. The van der Waals surface area contributed by atoms with E-state index in [1.54, 1.807) is 73.0 Å². The zero-order valence-electron chi connectivity index (χ0n) is 32.0. The molecule has 2 fully saturated rings. The summed E-state index contributed by atoms with van der Waals surface area (Å²) in [7, 11) is 0. The number of alkyl carbamates (subject to hydrolysis) is 1. The Balaban J connectivity index is 0.00000567. The number of hydrogen-bond donors (Lipinski definition) is 3. The fourth-order valence-corrected chi connectivity index (χ4v) is 8.11. The molecule has 4 amide bonds. The average molecular weight is 869 g/mol. The van der Waals surface area contributed by atoms with Crippen molar-refractivity contribution in [3.8, 4) is 5.75 Å². The maximum atomic E-state index is 14.4. The highest BCUT2D eigenvalue weighted by atomic mass is 79.9. The number of benzene rings is 3. The van der Waals surface area contributed by atoms with Gasteiger partial charge in [-0.1, -0.05) is 60.7 Å². The van der Waals surface area contributed by atoms with Crippen molar-refractivity contribution < 1.29 is 60.1 Å². The Morgan fingerprint density at radius 1 is 0.948 bits per heavy atom. The molecule has 0 aliphatic carbocycles. The van der Waals surface area contributed by atoms with Gasteiger partial charge in [-0.15, -0.1) is 11.8 Å². The van der Waals surface area contributed by atoms with E-state index >= 15 is 0 Å². The van der Waals surface area contributed by atoms with Crippen LogP contribution < -0.4 is 37.1 Å². The van der Waals surface area contributed by atoms with Gasteiger partial charge in [0, 0.05) is 29.6 Å². The number of fused-ring (bicyclic) bond motifs is 1. The van der Waals surface area contributed by atoms with Crippen LogP contribution in [0.2, 0.25) is 0 Å². The second-order valence-corrected chi connectivity index (χ2v) is 15.8. The molecule has 0 spiro atoms. The number of anilines is 2. The van der Waals surface area contributed by atoms with E-state index in [1.165, 1.54) is 28.8 Å². The van der Waals surface area contributed by atoms with Gasteiger partial charge in [-0.25, -0.2) is 9.59 Å². The summed E-state index contributed by atoms with van der Waals surface area (Å²) >= 11 is 1.36. The van der Waals surface area contributed by atoms with Gasteiger partial charge < -0.3 is 47.1 Å². The van der Waals surface area contributed by atoms with E-state index in [2.05, 4.69) is 10.6 Å². The number of amides is 4. The molecule has 2 saturated heterocycles. The smallest absolute Gasteiger partial charge is 0.408 e.